The van der Waals surface area contributed by atoms with E-state index in [1.165, 1.54) is 12.8 Å². The van der Waals surface area contributed by atoms with Gasteiger partial charge in [-0.3, -0.25) is 4.79 Å². The predicted molar refractivity (Wildman–Crippen MR) is 82.7 cm³/mol. The number of carbonyl (C=O) groups excluding carboxylic acids is 1. The molecule has 0 bridgehead atoms. The SMILES string of the molecule is CC1CCC(C(C)C)C(=NNC(=O)c2ccccc2)C1. The van der Waals surface area contributed by atoms with Crippen molar-refractivity contribution in [3.63, 3.8) is 0 Å². The van der Waals surface area contributed by atoms with Crippen LogP contribution >= 0.6 is 0 Å². The summed E-state index contributed by atoms with van der Waals surface area (Å²) in [7, 11) is 0. The Bertz CT molecular complexity index is 479. The van der Waals surface area contributed by atoms with E-state index in [-0.39, 0.29) is 5.91 Å². The Hall–Kier alpha value is -1.64. The highest BCUT2D eigenvalue weighted by molar-refractivity contribution is 5.96. The summed E-state index contributed by atoms with van der Waals surface area (Å²) in [5, 5.41) is 4.43. The second-order valence-electron chi connectivity index (χ2n) is 6.15. The lowest BCUT2D eigenvalue weighted by Gasteiger charge is -2.30. The van der Waals surface area contributed by atoms with Gasteiger partial charge in [-0.25, -0.2) is 5.43 Å². The van der Waals surface area contributed by atoms with Crippen LogP contribution in [0, 0.1) is 17.8 Å². The average Bonchev–Trinajstić information content (AvgIpc) is 2.45. The summed E-state index contributed by atoms with van der Waals surface area (Å²) in [6.07, 6.45) is 3.44. The van der Waals surface area contributed by atoms with E-state index in [1.807, 2.05) is 18.2 Å². The standard InChI is InChI=1S/C17H24N2O/c1-12(2)15-10-9-13(3)11-16(15)18-19-17(20)14-7-5-4-6-8-14/h4-8,12-13,15H,9-11H2,1-3H3,(H,19,20). The maximum atomic E-state index is 12.0. The molecule has 1 aromatic carbocycles. The molecule has 1 aliphatic rings. The summed E-state index contributed by atoms with van der Waals surface area (Å²) in [6.45, 7) is 6.72. The second-order valence-corrected chi connectivity index (χ2v) is 6.15. The fraction of sp³-hybridized carbons (Fsp3) is 0.529. The molecule has 2 rings (SSSR count). The first-order valence-electron chi connectivity index (χ1n) is 7.49. The third-order valence-electron chi connectivity index (χ3n) is 4.10. The number of hydrazone groups is 1. The largest absolute Gasteiger partial charge is 0.271 e. The van der Waals surface area contributed by atoms with Gasteiger partial charge in [-0.1, -0.05) is 39.0 Å². The molecule has 0 saturated heterocycles. The van der Waals surface area contributed by atoms with Crippen LogP contribution in [0.5, 0.6) is 0 Å². The highest BCUT2D eigenvalue weighted by Gasteiger charge is 2.27. The summed E-state index contributed by atoms with van der Waals surface area (Å²) in [5.74, 6) is 1.62. The van der Waals surface area contributed by atoms with Gasteiger partial charge in [0, 0.05) is 17.2 Å². The number of nitrogens with zero attached hydrogens (tertiary/aromatic N) is 1. The van der Waals surface area contributed by atoms with Crippen molar-refractivity contribution >= 4 is 11.6 Å². The predicted octanol–water partition coefficient (Wildman–Crippen LogP) is 3.86. The van der Waals surface area contributed by atoms with Crippen LogP contribution in [0.25, 0.3) is 0 Å². The summed E-state index contributed by atoms with van der Waals surface area (Å²) in [5.41, 5.74) is 4.53. The van der Waals surface area contributed by atoms with Crippen LogP contribution in [0.3, 0.4) is 0 Å². The summed E-state index contributed by atoms with van der Waals surface area (Å²) < 4.78 is 0. The molecule has 0 heterocycles. The third-order valence-corrected chi connectivity index (χ3v) is 4.10. The van der Waals surface area contributed by atoms with Crippen LogP contribution in [0.15, 0.2) is 35.4 Å². The van der Waals surface area contributed by atoms with E-state index in [9.17, 15) is 4.79 Å². The molecular formula is C17H24N2O. The van der Waals surface area contributed by atoms with Crippen LogP contribution in [0.1, 0.15) is 50.4 Å². The molecule has 2 atom stereocenters. The number of hydrogen-bond acceptors (Lipinski definition) is 2. The van der Waals surface area contributed by atoms with Gasteiger partial charge in [-0.05, 0) is 43.2 Å². The topological polar surface area (TPSA) is 41.5 Å². The Labute approximate surface area is 121 Å². The van der Waals surface area contributed by atoms with Gasteiger partial charge < -0.3 is 0 Å². The quantitative estimate of drug-likeness (QED) is 0.834. The first-order valence-corrected chi connectivity index (χ1v) is 7.49. The summed E-state index contributed by atoms with van der Waals surface area (Å²) in [6, 6.07) is 9.24. The van der Waals surface area contributed by atoms with E-state index >= 15 is 0 Å². The Morgan fingerprint density at radius 2 is 1.95 bits per heavy atom. The molecule has 1 amide bonds. The van der Waals surface area contributed by atoms with Gasteiger partial charge in [-0.15, -0.1) is 0 Å². The molecule has 108 valence electrons. The van der Waals surface area contributed by atoms with Gasteiger partial charge in [0.15, 0.2) is 0 Å². The third kappa shape index (κ3) is 3.69. The van der Waals surface area contributed by atoms with Crippen molar-refractivity contribution in [2.24, 2.45) is 22.9 Å². The molecule has 20 heavy (non-hydrogen) atoms. The molecule has 1 N–H and O–H groups in total. The van der Waals surface area contributed by atoms with Crippen LogP contribution in [-0.4, -0.2) is 11.6 Å². The van der Waals surface area contributed by atoms with E-state index in [1.54, 1.807) is 12.1 Å². The minimum atomic E-state index is -0.126. The second kappa shape index (κ2) is 6.69. The number of carbonyl (C=O) groups is 1. The fourth-order valence-electron chi connectivity index (χ4n) is 2.86. The Morgan fingerprint density at radius 1 is 1.25 bits per heavy atom. The summed E-state index contributed by atoms with van der Waals surface area (Å²) >= 11 is 0. The zero-order valence-corrected chi connectivity index (χ0v) is 12.6. The van der Waals surface area contributed by atoms with Gasteiger partial charge in [0.1, 0.15) is 0 Å². The van der Waals surface area contributed by atoms with Crippen molar-refractivity contribution in [2.75, 3.05) is 0 Å². The smallest absolute Gasteiger partial charge is 0.267 e. The van der Waals surface area contributed by atoms with Crippen molar-refractivity contribution in [2.45, 2.75) is 40.0 Å². The van der Waals surface area contributed by atoms with Gasteiger partial charge in [0.25, 0.3) is 5.91 Å². The van der Waals surface area contributed by atoms with Gasteiger partial charge in [0.05, 0.1) is 0 Å². The Kier molecular flexibility index (Phi) is 4.94. The maximum absolute atomic E-state index is 12.0. The van der Waals surface area contributed by atoms with E-state index in [0.717, 1.165) is 12.1 Å². The zero-order valence-electron chi connectivity index (χ0n) is 12.6. The number of nitrogens with one attached hydrogen (secondary N) is 1. The monoisotopic (exact) mass is 272 g/mol. The number of rotatable bonds is 3. The average molecular weight is 272 g/mol. The molecule has 0 spiro atoms. The molecule has 3 nitrogen and oxygen atoms in total. The molecule has 0 radical (unpaired) electrons. The first kappa shape index (κ1) is 14.8. The molecule has 1 saturated carbocycles. The van der Waals surface area contributed by atoms with Gasteiger partial charge >= 0.3 is 0 Å². The molecule has 1 aromatic rings. The first-order chi connectivity index (χ1) is 9.58. The Balaban J connectivity index is 2.06. The molecule has 2 unspecified atom stereocenters. The zero-order chi connectivity index (χ0) is 14.5. The lowest BCUT2D eigenvalue weighted by Crippen LogP contribution is -2.31. The number of benzene rings is 1. The normalized spacial score (nSPS) is 24.9. The van der Waals surface area contributed by atoms with Crippen molar-refractivity contribution in [1.82, 2.24) is 5.43 Å². The molecule has 1 fully saturated rings. The van der Waals surface area contributed by atoms with Gasteiger partial charge in [-0.2, -0.15) is 5.10 Å². The van der Waals surface area contributed by atoms with Crippen molar-refractivity contribution in [3.05, 3.63) is 35.9 Å². The van der Waals surface area contributed by atoms with Crippen LogP contribution in [-0.2, 0) is 0 Å². The highest BCUT2D eigenvalue weighted by atomic mass is 16.2. The van der Waals surface area contributed by atoms with Crippen LogP contribution in [0.2, 0.25) is 0 Å². The minimum Gasteiger partial charge on any atom is -0.267 e. The lowest BCUT2D eigenvalue weighted by molar-refractivity contribution is 0.0954. The Morgan fingerprint density at radius 3 is 2.60 bits per heavy atom. The number of amides is 1. The molecule has 1 aliphatic carbocycles. The van der Waals surface area contributed by atoms with Crippen LogP contribution in [0.4, 0.5) is 0 Å². The minimum absolute atomic E-state index is 0.126. The van der Waals surface area contributed by atoms with E-state index in [4.69, 9.17) is 0 Å². The van der Waals surface area contributed by atoms with Crippen LogP contribution < -0.4 is 5.43 Å². The molecule has 0 aliphatic heterocycles. The van der Waals surface area contributed by atoms with E-state index < -0.39 is 0 Å². The molecule has 3 heteroatoms. The van der Waals surface area contributed by atoms with Gasteiger partial charge in [0.2, 0.25) is 0 Å². The highest BCUT2D eigenvalue weighted by Crippen LogP contribution is 2.31. The van der Waals surface area contributed by atoms with Crippen molar-refractivity contribution in [3.8, 4) is 0 Å². The maximum Gasteiger partial charge on any atom is 0.271 e. The summed E-state index contributed by atoms with van der Waals surface area (Å²) in [4.78, 5) is 12.0. The molecular weight excluding hydrogens is 248 g/mol. The fourth-order valence-corrected chi connectivity index (χ4v) is 2.86. The van der Waals surface area contributed by atoms with E-state index in [2.05, 4.69) is 31.3 Å². The number of hydrogen-bond donors (Lipinski definition) is 1. The molecule has 0 aromatic heterocycles. The van der Waals surface area contributed by atoms with E-state index in [0.29, 0.717) is 23.3 Å². The van der Waals surface area contributed by atoms with Crippen molar-refractivity contribution < 1.29 is 4.79 Å². The van der Waals surface area contributed by atoms with Crippen molar-refractivity contribution in [1.29, 1.82) is 0 Å². The lowest BCUT2D eigenvalue weighted by atomic mass is 9.76.